The van der Waals surface area contributed by atoms with Crippen molar-refractivity contribution in [2.75, 3.05) is 6.61 Å². The van der Waals surface area contributed by atoms with E-state index in [0.29, 0.717) is 25.4 Å². The van der Waals surface area contributed by atoms with Crippen LogP contribution in [0.2, 0.25) is 0 Å². The first-order chi connectivity index (χ1) is 7.04. The molecule has 1 fully saturated rings. The van der Waals surface area contributed by atoms with Gasteiger partial charge in [0.05, 0.1) is 6.61 Å². The molecule has 0 spiro atoms. The number of carbonyl (C=O) groups is 2. The lowest BCUT2D eigenvalue weighted by molar-refractivity contribution is -0.175. The van der Waals surface area contributed by atoms with Crippen molar-refractivity contribution in [3.63, 3.8) is 0 Å². The highest BCUT2D eigenvalue weighted by molar-refractivity contribution is 5.80. The van der Waals surface area contributed by atoms with Crippen LogP contribution in [-0.2, 0) is 19.1 Å². The van der Waals surface area contributed by atoms with Gasteiger partial charge in [0.25, 0.3) is 0 Å². The first kappa shape index (κ1) is 12.0. The molecule has 1 aliphatic rings. The van der Waals surface area contributed by atoms with Gasteiger partial charge in [-0.05, 0) is 25.2 Å². The molecule has 1 aliphatic heterocycles. The van der Waals surface area contributed by atoms with E-state index in [-0.39, 0.29) is 11.9 Å². The number of hydrogen-bond donors (Lipinski definition) is 0. The van der Waals surface area contributed by atoms with Gasteiger partial charge in [-0.25, -0.2) is 4.79 Å². The predicted octanol–water partition coefficient (Wildman–Crippen LogP) is 1.53. The fraction of sp³-hybridized carbons (Fsp3) is 0.818. The van der Waals surface area contributed by atoms with Crippen molar-refractivity contribution in [2.45, 2.75) is 39.7 Å². The van der Waals surface area contributed by atoms with Crippen LogP contribution in [0.5, 0.6) is 0 Å². The van der Waals surface area contributed by atoms with Gasteiger partial charge in [-0.3, -0.25) is 4.79 Å². The summed E-state index contributed by atoms with van der Waals surface area (Å²) in [5, 5.41) is 0. The molecule has 2 atom stereocenters. The zero-order chi connectivity index (χ0) is 11.4. The number of esters is 2. The average molecular weight is 214 g/mol. The van der Waals surface area contributed by atoms with Crippen LogP contribution in [-0.4, -0.2) is 24.6 Å². The fourth-order valence-corrected chi connectivity index (χ4v) is 1.71. The number of rotatable bonds is 3. The number of cyclic esters (lactones) is 1. The van der Waals surface area contributed by atoms with E-state index in [1.54, 1.807) is 6.92 Å². The summed E-state index contributed by atoms with van der Waals surface area (Å²) in [5.74, 6) is -0.107. The number of ether oxygens (including phenoxy) is 2. The zero-order valence-electron chi connectivity index (χ0n) is 9.49. The van der Waals surface area contributed by atoms with E-state index in [1.807, 2.05) is 13.8 Å². The first-order valence-corrected chi connectivity index (χ1v) is 5.40. The summed E-state index contributed by atoms with van der Waals surface area (Å²) < 4.78 is 9.81. The quantitative estimate of drug-likeness (QED) is 0.668. The summed E-state index contributed by atoms with van der Waals surface area (Å²) in [7, 11) is 0. The van der Waals surface area contributed by atoms with Gasteiger partial charge >= 0.3 is 11.9 Å². The normalized spacial score (nSPS) is 26.3. The van der Waals surface area contributed by atoms with Crippen LogP contribution in [0, 0.1) is 11.8 Å². The van der Waals surface area contributed by atoms with Crippen molar-refractivity contribution >= 4 is 11.9 Å². The third-order valence-corrected chi connectivity index (χ3v) is 2.71. The van der Waals surface area contributed by atoms with E-state index >= 15 is 0 Å². The van der Waals surface area contributed by atoms with Crippen LogP contribution in [0.15, 0.2) is 0 Å². The van der Waals surface area contributed by atoms with Gasteiger partial charge in [-0.1, -0.05) is 13.8 Å². The lowest BCUT2D eigenvalue weighted by atomic mass is 9.85. The van der Waals surface area contributed by atoms with Gasteiger partial charge in [0.15, 0.2) is 6.10 Å². The molecule has 0 radical (unpaired) electrons. The summed E-state index contributed by atoms with van der Waals surface area (Å²) in [4.78, 5) is 22.7. The second kappa shape index (κ2) is 5.14. The molecule has 0 aromatic rings. The Labute approximate surface area is 89.9 Å². The van der Waals surface area contributed by atoms with Gasteiger partial charge in [0, 0.05) is 6.42 Å². The summed E-state index contributed by atoms with van der Waals surface area (Å²) in [5.41, 5.74) is 0. The molecule has 0 amide bonds. The summed E-state index contributed by atoms with van der Waals surface area (Å²) in [6.45, 7) is 6.15. The van der Waals surface area contributed by atoms with Crippen LogP contribution < -0.4 is 0 Å². The SMILES string of the molecule is CCOC(=O)[C@@H]1C[C@H](C(C)C)CC(=O)O1. The Morgan fingerprint density at radius 2 is 2.27 bits per heavy atom. The van der Waals surface area contributed by atoms with Crippen LogP contribution in [0.3, 0.4) is 0 Å². The van der Waals surface area contributed by atoms with E-state index < -0.39 is 12.1 Å². The maximum atomic E-state index is 11.4. The Kier molecular flexibility index (Phi) is 4.12. The zero-order valence-corrected chi connectivity index (χ0v) is 9.49. The third kappa shape index (κ3) is 3.22. The van der Waals surface area contributed by atoms with Crippen LogP contribution >= 0.6 is 0 Å². The highest BCUT2D eigenvalue weighted by Crippen LogP contribution is 2.28. The third-order valence-electron chi connectivity index (χ3n) is 2.71. The van der Waals surface area contributed by atoms with Gasteiger partial charge in [0.1, 0.15) is 0 Å². The molecule has 15 heavy (non-hydrogen) atoms. The molecular weight excluding hydrogens is 196 g/mol. The smallest absolute Gasteiger partial charge is 0.347 e. The molecular formula is C11H18O4. The lowest BCUT2D eigenvalue weighted by Crippen LogP contribution is -2.38. The second-order valence-electron chi connectivity index (χ2n) is 4.17. The van der Waals surface area contributed by atoms with Crippen molar-refractivity contribution < 1.29 is 19.1 Å². The van der Waals surface area contributed by atoms with Crippen LogP contribution in [0.4, 0.5) is 0 Å². The molecule has 0 aliphatic carbocycles. The molecule has 4 nitrogen and oxygen atoms in total. The van der Waals surface area contributed by atoms with Crippen molar-refractivity contribution in [2.24, 2.45) is 11.8 Å². The molecule has 86 valence electrons. The summed E-state index contributed by atoms with van der Waals surface area (Å²) in [6, 6.07) is 0. The van der Waals surface area contributed by atoms with Gasteiger partial charge in [-0.2, -0.15) is 0 Å². The van der Waals surface area contributed by atoms with Gasteiger partial charge in [-0.15, -0.1) is 0 Å². The van der Waals surface area contributed by atoms with Crippen molar-refractivity contribution in [1.82, 2.24) is 0 Å². The predicted molar refractivity (Wildman–Crippen MR) is 54.1 cm³/mol. The van der Waals surface area contributed by atoms with E-state index in [4.69, 9.17) is 9.47 Å². The van der Waals surface area contributed by atoms with E-state index in [1.165, 1.54) is 0 Å². The molecule has 0 aromatic carbocycles. The Bertz CT molecular complexity index is 247. The molecule has 1 heterocycles. The highest BCUT2D eigenvalue weighted by atomic mass is 16.6. The second-order valence-corrected chi connectivity index (χ2v) is 4.17. The van der Waals surface area contributed by atoms with E-state index in [0.717, 1.165) is 0 Å². The van der Waals surface area contributed by atoms with Gasteiger partial charge < -0.3 is 9.47 Å². The number of hydrogen-bond acceptors (Lipinski definition) is 4. The Morgan fingerprint density at radius 1 is 1.60 bits per heavy atom. The van der Waals surface area contributed by atoms with Crippen molar-refractivity contribution in [3.8, 4) is 0 Å². The number of carbonyl (C=O) groups excluding carboxylic acids is 2. The van der Waals surface area contributed by atoms with E-state index in [2.05, 4.69) is 0 Å². The lowest BCUT2D eigenvalue weighted by Gasteiger charge is -2.29. The Morgan fingerprint density at radius 3 is 2.80 bits per heavy atom. The maximum absolute atomic E-state index is 11.4. The molecule has 1 saturated heterocycles. The standard InChI is InChI=1S/C11H18O4/c1-4-14-11(13)9-5-8(7(2)3)6-10(12)15-9/h7-9H,4-6H2,1-3H3/t8-,9-/m0/s1. The Hall–Kier alpha value is -1.06. The van der Waals surface area contributed by atoms with Crippen molar-refractivity contribution in [1.29, 1.82) is 0 Å². The average Bonchev–Trinajstić information content (AvgIpc) is 2.17. The Balaban J connectivity index is 2.59. The topological polar surface area (TPSA) is 52.6 Å². The molecule has 0 N–H and O–H groups in total. The largest absolute Gasteiger partial charge is 0.463 e. The van der Waals surface area contributed by atoms with Crippen molar-refractivity contribution in [3.05, 3.63) is 0 Å². The summed E-state index contributed by atoms with van der Waals surface area (Å²) in [6.07, 6.45) is 0.300. The molecule has 4 heteroatoms. The van der Waals surface area contributed by atoms with Crippen LogP contribution in [0.1, 0.15) is 33.6 Å². The molecule has 0 aromatic heterocycles. The minimum absolute atomic E-state index is 0.223. The highest BCUT2D eigenvalue weighted by Gasteiger charge is 2.35. The van der Waals surface area contributed by atoms with Gasteiger partial charge in [0.2, 0.25) is 0 Å². The maximum Gasteiger partial charge on any atom is 0.347 e. The fourth-order valence-electron chi connectivity index (χ4n) is 1.71. The monoisotopic (exact) mass is 214 g/mol. The minimum Gasteiger partial charge on any atom is -0.463 e. The van der Waals surface area contributed by atoms with Crippen LogP contribution in [0.25, 0.3) is 0 Å². The summed E-state index contributed by atoms with van der Waals surface area (Å²) >= 11 is 0. The molecule has 0 bridgehead atoms. The molecule has 0 unspecified atom stereocenters. The first-order valence-electron chi connectivity index (χ1n) is 5.40. The molecule has 1 rings (SSSR count). The van der Waals surface area contributed by atoms with E-state index in [9.17, 15) is 9.59 Å². The molecule has 0 saturated carbocycles. The minimum atomic E-state index is -0.696.